The lowest BCUT2D eigenvalue weighted by Crippen LogP contribution is -2.07. The molecule has 3 N–H and O–H groups in total. The minimum absolute atomic E-state index is 0.395. The molecule has 0 unspecified atom stereocenters. The molecular formula is C6H12N2. The van der Waals surface area contributed by atoms with Gasteiger partial charge < -0.3 is 11.1 Å². The van der Waals surface area contributed by atoms with Gasteiger partial charge in [0.1, 0.15) is 0 Å². The monoisotopic (exact) mass is 112 g/mol. The van der Waals surface area contributed by atoms with Gasteiger partial charge in [0, 0.05) is 5.70 Å². The Balaban J connectivity index is 3.49. The number of hydrogen-bond acceptors (Lipinski definition) is 2. The van der Waals surface area contributed by atoms with Crippen molar-refractivity contribution in [3.05, 3.63) is 12.3 Å². The fraction of sp³-hybridized carbons (Fsp3) is 0.500. The van der Waals surface area contributed by atoms with E-state index in [0.29, 0.717) is 11.4 Å². The minimum atomic E-state index is 0.395. The van der Waals surface area contributed by atoms with E-state index in [-0.39, 0.29) is 0 Å². The second-order valence-corrected chi connectivity index (χ2v) is 1.75. The van der Waals surface area contributed by atoms with Crippen LogP contribution in [0.5, 0.6) is 0 Å². The topological polar surface area (TPSA) is 49.9 Å². The zero-order valence-corrected chi connectivity index (χ0v) is 5.20. The molecule has 46 valence electrons. The minimum Gasteiger partial charge on any atom is -0.398 e. The highest BCUT2D eigenvalue weighted by atomic mass is 14.6. The summed E-state index contributed by atoms with van der Waals surface area (Å²) in [7, 11) is 0. The van der Waals surface area contributed by atoms with Crippen LogP contribution in [0, 0.1) is 5.41 Å². The first-order valence-electron chi connectivity index (χ1n) is 2.70. The van der Waals surface area contributed by atoms with Crippen molar-refractivity contribution in [3.63, 3.8) is 0 Å². The van der Waals surface area contributed by atoms with Crippen molar-refractivity contribution in [2.24, 2.45) is 5.73 Å². The van der Waals surface area contributed by atoms with Crippen LogP contribution in [0.1, 0.15) is 19.8 Å². The van der Waals surface area contributed by atoms with Crippen molar-refractivity contribution in [2.75, 3.05) is 0 Å². The average Bonchev–Trinajstić information content (AvgIpc) is 1.67. The number of hydrogen-bond donors (Lipinski definition) is 2. The van der Waals surface area contributed by atoms with Crippen molar-refractivity contribution in [3.8, 4) is 0 Å². The molecule has 0 aliphatic heterocycles. The molecule has 0 aromatic rings. The third-order valence-electron chi connectivity index (χ3n) is 0.888. The second kappa shape index (κ2) is 3.24. The zero-order valence-electron chi connectivity index (χ0n) is 5.20. The number of nitrogens with two attached hydrogens (primary N) is 1. The van der Waals surface area contributed by atoms with Gasteiger partial charge in [-0.2, -0.15) is 0 Å². The quantitative estimate of drug-likeness (QED) is 0.531. The summed E-state index contributed by atoms with van der Waals surface area (Å²) in [6.07, 6.45) is 1.71. The summed E-state index contributed by atoms with van der Waals surface area (Å²) in [6.45, 7) is 5.44. The molecule has 0 aromatic heterocycles. The molecule has 0 saturated carbocycles. The Morgan fingerprint density at radius 1 is 1.75 bits per heavy atom. The molecule has 0 bridgehead atoms. The molecule has 2 nitrogen and oxygen atoms in total. The Kier molecular flexibility index (Phi) is 2.92. The summed E-state index contributed by atoms with van der Waals surface area (Å²) >= 11 is 0. The smallest absolute Gasteiger partial charge is 0.0536 e. The van der Waals surface area contributed by atoms with Crippen LogP contribution in [-0.4, -0.2) is 5.71 Å². The van der Waals surface area contributed by atoms with Gasteiger partial charge in [-0.1, -0.05) is 19.9 Å². The Bertz CT molecular complexity index is 105. The molecule has 2 heteroatoms. The number of rotatable bonds is 3. The fourth-order valence-corrected chi connectivity index (χ4v) is 0.411. The predicted octanol–water partition coefficient (Wildman–Crippen LogP) is 1.28. The van der Waals surface area contributed by atoms with E-state index in [9.17, 15) is 0 Å². The third-order valence-corrected chi connectivity index (χ3v) is 0.888. The van der Waals surface area contributed by atoms with Gasteiger partial charge >= 0.3 is 0 Å². The molecule has 0 saturated heterocycles. The van der Waals surface area contributed by atoms with Crippen LogP contribution in [0.2, 0.25) is 0 Å². The summed E-state index contributed by atoms with van der Waals surface area (Å²) in [4.78, 5) is 0. The zero-order chi connectivity index (χ0) is 6.57. The van der Waals surface area contributed by atoms with Gasteiger partial charge in [0.2, 0.25) is 0 Å². The largest absolute Gasteiger partial charge is 0.398 e. The molecule has 0 aliphatic carbocycles. The summed E-state index contributed by atoms with van der Waals surface area (Å²) < 4.78 is 0. The molecule has 0 aromatic carbocycles. The summed E-state index contributed by atoms with van der Waals surface area (Å²) in [6, 6.07) is 0. The fourth-order valence-electron chi connectivity index (χ4n) is 0.411. The normalized spacial score (nSPS) is 8.62. The maximum absolute atomic E-state index is 7.12. The lowest BCUT2D eigenvalue weighted by atomic mass is 10.2. The summed E-state index contributed by atoms with van der Waals surface area (Å²) in [5, 5.41) is 7.12. The third kappa shape index (κ3) is 2.39. The van der Waals surface area contributed by atoms with Crippen LogP contribution in [0.25, 0.3) is 0 Å². The van der Waals surface area contributed by atoms with Crippen LogP contribution in [-0.2, 0) is 0 Å². The predicted molar refractivity (Wildman–Crippen MR) is 36.0 cm³/mol. The van der Waals surface area contributed by atoms with Crippen LogP contribution < -0.4 is 5.73 Å². The summed E-state index contributed by atoms with van der Waals surface area (Å²) in [5.41, 5.74) is 6.06. The molecule has 0 fully saturated rings. The Hall–Kier alpha value is -0.790. The van der Waals surface area contributed by atoms with E-state index >= 15 is 0 Å². The highest BCUT2D eigenvalue weighted by Gasteiger charge is 1.92. The van der Waals surface area contributed by atoms with E-state index in [2.05, 4.69) is 6.58 Å². The van der Waals surface area contributed by atoms with Crippen LogP contribution in [0.3, 0.4) is 0 Å². The molecule has 8 heavy (non-hydrogen) atoms. The van der Waals surface area contributed by atoms with E-state index in [4.69, 9.17) is 11.1 Å². The van der Waals surface area contributed by atoms with Crippen molar-refractivity contribution in [2.45, 2.75) is 19.8 Å². The van der Waals surface area contributed by atoms with Crippen molar-refractivity contribution in [1.29, 1.82) is 5.41 Å². The molecule has 0 radical (unpaired) electrons. The second-order valence-electron chi connectivity index (χ2n) is 1.75. The van der Waals surface area contributed by atoms with Gasteiger partial charge in [0.25, 0.3) is 0 Å². The van der Waals surface area contributed by atoms with Gasteiger partial charge in [-0.25, -0.2) is 0 Å². The van der Waals surface area contributed by atoms with Crippen molar-refractivity contribution in [1.82, 2.24) is 0 Å². The molecule has 0 heterocycles. The van der Waals surface area contributed by atoms with Crippen LogP contribution in [0.15, 0.2) is 12.3 Å². The van der Waals surface area contributed by atoms with E-state index in [1.54, 1.807) is 0 Å². The SMILES string of the molecule is C=C(N)C(=N)CCC. The lowest BCUT2D eigenvalue weighted by Gasteiger charge is -1.96. The average molecular weight is 112 g/mol. The molecular weight excluding hydrogens is 100 g/mol. The Morgan fingerprint density at radius 3 is 2.38 bits per heavy atom. The Labute approximate surface area is 49.9 Å². The van der Waals surface area contributed by atoms with Gasteiger partial charge in [-0.3, -0.25) is 0 Å². The maximum Gasteiger partial charge on any atom is 0.0536 e. The number of allylic oxidation sites excluding steroid dienone is 1. The molecule has 0 aliphatic rings. The highest BCUT2D eigenvalue weighted by Crippen LogP contribution is 1.92. The lowest BCUT2D eigenvalue weighted by molar-refractivity contribution is 0.982. The van der Waals surface area contributed by atoms with E-state index in [1.807, 2.05) is 6.92 Å². The van der Waals surface area contributed by atoms with E-state index in [1.165, 1.54) is 0 Å². The van der Waals surface area contributed by atoms with Gasteiger partial charge in [0.05, 0.1) is 5.71 Å². The first-order valence-corrected chi connectivity index (χ1v) is 2.70. The van der Waals surface area contributed by atoms with Crippen molar-refractivity contribution < 1.29 is 0 Å². The van der Waals surface area contributed by atoms with Crippen LogP contribution in [0.4, 0.5) is 0 Å². The standard InChI is InChI=1S/C6H12N2/c1-3-4-6(8)5(2)7/h8H,2-4,7H2,1H3. The maximum atomic E-state index is 7.12. The van der Waals surface area contributed by atoms with Crippen molar-refractivity contribution >= 4 is 5.71 Å². The first kappa shape index (κ1) is 7.21. The van der Waals surface area contributed by atoms with Gasteiger partial charge in [0.15, 0.2) is 0 Å². The first-order chi connectivity index (χ1) is 3.68. The molecule has 0 rings (SSSR count). The molecule has 0 atom stereocenters. The van der Waals surface area contributed by atoms with E-state index < -0.39 is 0 Å². The number of nitrogens with one attached hydrogen (secondary N) is 1. The van der Waals surface area contributed by atoms with Crippen LogP contribution >= 0.6 is 0 Å². The van der Waals surface area contributed by atoms with Gasteiger partial charge in [-0.15, -0.1) is 0 Å². The highest BCUT2D eigenvalue weighted by molar-refractivity contribution is 5.96. The molecule has 0 spiro atoms. The summed E-state index contributed by atoms with van der Waals surface area (Å²) in [5.74, 6) is 0. The van der Waals surface area contributed by atoms with E-state index in [0.717, 1.165) is 12.8 Å². The molecule has 0 amide bonds. The Morgan fingerprint density at radius 2 is 2.25 bits per heavy atom. The van der Waals surface area contributed by atoms with Gasteiger partial charge in [-0.05, 0) is 6.42 Å².